The zero-order valence-corrected chi connectivity index (χ0v) is 8.93. The molecule has 0 bridgehead atoms. The molecular weight excluding hydrogens is 198 g/mol. The third kappa shape index (κ3) is 1.46. The Balaban J connectivity index is 2.43. The lowest BCUT2D eigenvalue weighted by atomic mass is 10.2. The first-order valence-corrected chi connectivity index (χ1v) is 5.28. The molecule has 0 unspecified atom stereocenters. The molecular formula is C10H11NO2S. The molecule has 0 N–H and O–H groups in total. The first-order chi connectivity index (χ1) is 6.72. The summed E-state index contributed by atoms with van der Waals surface area (Å²) in [4.78, 5) is 14.2. The van der Waals surface area contributed by atoms with Crippen molar-refractivity contribution in [3.8, 4) is 5.75 Å². The summed E-state index contributed by atoms with van der Waals surface area (Å²) in [6.45, 7) is 0. The SMILES string of the molecule is COc1ccc2c(c1)SCC(=O)N2C. The van der Waals surface area contributed by atoms with Crippen LogP contribution in [0.1, 0.15) is 0 Å². The maximum absolute atomic E-state index is 11.4. The van der Waals surface area contributed by atoms with Gasteiger partial charge in [0, 0.05) is 11.9 Å². The molecule has 3 nitrogen and oxygen atoms in total. The molecule has 0 aromatic heterocycles. The van der Waals surface area contributed by atoms with Crippen LogP contribution in [0.5, 0.6) is 5.75 Å². The van der Waals surface area contributed by atoms with E-state index in [2.05, 4.69) is 0 Å². The second-order valence-electron chi connectivity index (χ2n) is 3.08. The van der Waals surface area contributed by atoms with Crippen molar-refractivity contribution in [1.82, 2.24) is 0 Å². The number of amides is 1. The lowest BCUT2D eigenvalue weighted by molar-refractivity contribution is -0.116. The van der Waals surface area contributed by atoms with Crippen LogP contribution in [-0.2, 0) is 4.79 Å². The Morgan fingerprint density at radius 1 is 1.50 bits per heavy atom. The molecule has 2 rings (SSSR count). The van der Waals surface area contributed by atoms with E-state index in [-0.39, 0.29) is 5.91 Å². The fraction of sp³-hybridized carbons (Fsp3) is 0.300. The number of methoxy groups -OCH3 is 1. The molecule has 1 aromatic rings. The summed E-state index contributed by atoms with van der Waals surface area (Å²) in [5.41, 5.74) is 0.965. The number of rotatable bonds is 1. The third-order valence-electron chi connectivity index (χ3n) is 2.25. The van der Waals surface area contributed by atoms with Crippen molar-refractivity contribution in [1.29, 1.82) is 0 Å². The third-order valence-corrected chi connectivity index (χ3v) is 3.28. The van der Waals surface area contributed by atoms with Crippen LogP contribution in [0.25, 0.3) is 0 Å². The van der Waals surface area contributed by atoms with Gasteiger partial charge in [-0.3, -0.25) is 4.79 Å². The van der Waals surface area contributed by atoms with Crippen LogP contribution in [0.3, 0.4) is 0 Å². The maximum atomic E-state index is 11.4. The molecule has 1 amide bonds. The van der Waals surface area contributed by atoms with Gasteiger partial charge in [0.25, 0.3) is 0 Å². The van der Waals surface area contributed by atoms with E-state index in [1.54, 1.807) is 30.8 Å². The molecule has 1 aliphatic rings. The van der Waals surface area contributed by atoms with E-state index in [0.717, 1.165) is 16.3 Å². The Hall–Kier alpha value is -1.16. The second-order valence-corrected chi connectivity index (χ2v) is 4.09. The molecule has 1 aromatic carbocycles. The number of benzene rings is 1. The zero-order chi connectivity index (χ0) is 10.1. The Morgan fingerprint density at radius 3 is 3.00 bits per heavy atom. The molecule has 0 aliphatic carbocycles. The number of nitrogens with zero attached hydrogens (tertiary/aromatic N) is 1. The Kier molecular flexibility index (Phi) is 2.37. The normalized spacial score (nSPS) is 15.3. The second kappa shape index (κ2) is 3.53. The first-order valence-electron chi connectivity index (χ1n) is 4.30. The topological polar surface area (TPSA) is 29.5 Å². The Bertz CT molecular complexity index is 378. The minimum absolute atomic E-state index is 0.146. The first kappa shape index (κ1) is 9.40. The molecule has 74 valence electrons. The lowest BCUT2D eigenvalue weighted by Crippen LogP contribution is -2.31. The van der Waals surface area contributed by atoms with E-state index in [1.165, 1.54) is 0 Å². The lowest BCUT2D eigenvalue weighted by Gasteiger charge is -2.25. The minimum atomic E-state index is 0.146. The molecule has 0 saturated carbocycles. The molecule has 0 saturated heterocycles. The van der Waals surface area contributed by atoms with Crippen molar-refractivity contribution in [2.45, 2.75) is 4.90 Å². The fourth-order valence-electron chi connectivity index (χ4n) is 1.38. The van der Waals surface area contributed by atoms with Gasteiger partial charge in [-0.1, -0.05) is 0 Å². The van der Waals surface area contributed by atoms with Crippen LogP contribution in [-0.4, -0.2) is 25.8 Å². The van der Waals surface area contributed by atoms with E-state index in [1.807, 2.05) is 18.2 Å². The predicted octanol–water partition coefficient (Wildman–Crippen LogP) is 1.76. The molecule has 14 heavy (non-hydrogen) atoms. The van der Waals surface area contributed by atoms with Gasteiger partial charge in [-0.25, -0.2) is 0 Å². The number of carbonyl (C=O) groups is 1. The van der Waals surface area contributed by atoms with Crippen LogP contribution in [0.4, 0.5) is 5.69 Å². The number of carbonyl (C=O) groups excluding carboxylic acids is 1. The summed E-state index contributed by atoms with van der Waals surface area (Å²) < 4.78 is 5.13. The number of fused-ring (bicyclic) bond motifs is 1. The van der Waals surface area contributed by atoms with Gasteiger partial charge in [0.15, 0.2) is 0 Å². The molecule has 4 heteroatoms. The van der Waals surface area contributed by atoms with Crippen LogP contribution < -0.4 is 9.64 Å². The van der Waals surface area contributed by atoms with Crippen molar-refractivity contribution in [3.05, 3.63) is 18.2 Å². The van der Waals surface area contributed by atoms with Gasteiger partial charge in [0.1, 0.15) is 5.75 Å². The largest absolute Gasteiger partial charge is 0.497 e. The van der Waals surface area contributed by atoms with Gasteiger partial charge in [-0.15, -0.1) is 11.8 Å². The van der Waals surface area contributed by atoms with E-state index < -0.39 is 0 Å². The summed E-state index contributed by atoms with van der Waals surface area (Å²) in [6, 6.07) is 5.75. The Morgan fingerprint density at radius 2 is 2.29 bits per heavy atom. The van der Waals surface area contributed by atoms with Gasteiger partial charge >= 0.3 is 0 Å². The van der Waals surface area contributed by atoms with E-state index >= 15 is 0 Å². The van der Waals surface area contributed by atoms with Gasteiger partial charge < -0.3 is 9.64 Å². The molecule has 0 atom stereocenters. The van der Waals surface area contributed by atoms with Crippen LogP contribution >= 0.6 is 11.8 Å². The van der Waals surface area contributed by atoms with Crippen LogP contribution in [0.15, 0.2) is 23.1 Å². The van der Waals surface area contributed by atoms with Crippen molar-refractivity contribution in [3.63, 3.8) is 0 Å². The zero-order valence-electron chi connectivity index (χ0n) is 8.11. The van der Waals surface area contributed by atoms with Crippen LogP contribution in [0.2, 0.25) is 0 Å². The van der Waals surface area contributed by atoms with Crippen molar-refractivity contribution >= 4 is 23.4 Å². The Labute approximate surface area is 87.0 Å². The smallest absolute Gasteiger partial charge is 0.237 e. The molecule has 0 spiro atoms. The van der Waals surface area contributed by atoms with Gasteiger partial charge in [0.2, 0.25) is 5.91 Å². The standard InChI is InChI=1S/C10H11NO2S/c1-11-8-4-3-7(13-2)5-9(8)14-6-10(11)12/h3-5H,6H2,1-2H3. The summed E-state index contributed by atoms with van der Waals surface area (Å²) in [5.74, 6) is 1.49. The fourth-order valence-corrected chi connectivity index (χ4v) is 2.41. The highest BCUT2D eigenvalue weighted by Gasteiger charge is 2.21. The highest BCUT2D eigenvalue weighted by atomic mass is 32.2. The number of hydrogen-bond donors (Lipinski definition) is 0. The van der Waals surface area contributed by atoms with Crippen LogP contribution in [0, 0.1) is 0 Å². The predicted molar refractivity (Wildman–Crippen MR) is 57.1 cm³/mol. The quantitative estimate of drug-likeness (QED) is 0.706. The average molecular weight is 209 g/mol. The monoisotopic (exact) mass is 209 g/mol. The van der Waals surface area contributed by atoms with Crippen molar-refractivity contribution < 1.29 is 9.53 Å². The average Bonchev–Trinajstić information content (AvgIpc) is 2.23. The molecule has 0 radical (unpaired) electrons. The number of ether oxygens (including phenoxy) is 1. The minimum Gasteiger partial charge on any atom is -0.497 e. The van der Waals surface area contributed by atoms with Gasteiger partial charge in [-0.2, -0.15) is 0 Å². The number of hydrogen-bond acceptors (Lipinski definition) is 3. The number of thioether (sulfide) groups is 1. The maximum Gasteiger partial charge on any atom is 0.237 e. The highest BCUT2D eigenvalue weighted by molar-refractivity contribution is 8.00. The van der Waals surface area contributed by atoms with Gasteiger partial charge in [-0.05, 0) is 18.2 Å². The van der Waals surface area contributed by atoms with Gasteiger partial charge in [0.05, 0.1) is 18.6 Å². The highest BCUT2D eigenvalue weighted by Crippen LogP contribution is 2.36. The number of anilines is 1. The summed E-state index contributed by atoms with van der Waals surface area (Å²) in [5, 5.41) is 0. The van der Waals surface area contributed by atoms with Crippen molar-refractivity contribution in [2.75, 3.05) is 24.8 Å². The van der Waals surface area contributed by atoms with E-state index in [9.17, 15) is 4.79 Å². The molecule has 1 heterocycles. The summed E-state index contributed by atoms with van der Waals surface area (Å²) in [6.07, 6.45) is 0. The van der Waals surface area contributed by atoms with E-state index in [4.69, 9.17) is 4.74 Å². The van der Waals surface area contributed by atoms with E-state index in [0.29, 0.717) is 5.75 Å². The molecule has 0 fully saturated rings. The summed E-state index contributed by atoms with van der Waals surface area (Å²) in [7, 11) is 3.44. The summed E-state index contributed by atoms with van der Waals surface area (Å²) >= 11 is 1.56. The van der Waals surface area contributed by atoms with Crippen molar-refractivity contribution in [2.24, 2.45) is 0 Å². The molecule has 1 aliphatic heterocycles.